The van der Waals surface area contributed by atoms with Gasteiger partial charge < -0.3 is 14.6 Å². The Hall–Kier alpha value is -1.88. The van der Waals surface area contributed by atoms with Gasteiger partial charge >= 0.3 is 11.9 Å². The number of carbonyl (C=O) groups excluding carboxylic acids is 2. The molecule has 5 nitrogen and oxygen atoms in total. The van der Waals surface area contributed by atoms with Crippen LogP contribution in [0.1, 0.15) is 63.9 Å². The number of carbonyl (C=O) groups is 2. The fourth-order valence-electron chi connectivity index (χ4n) is 2.33. The lowest BCUT2D eigenvalue weighted by Crippen LogP contribution is -2.24. The summed E-state index contributed by atoms with van der Waals surface area (Å²) in [5.74, 6) is -1.10. The molecule has 0 aliphatic heterocycles. The van der Waals surface area contributed by atoms with E-state index in [0.717, 1.165) is 24.8 Å². The molecule has 0 bridgehead atoms. The Labute approximate surface area is 150 Å². The highest BCUT2D eigenvalue weighted by Crippen LogP contribution is 2.07. The van der Waals surface area contributed by atoms with E-state index in [1.807, 2.05) is 30.3 Å². The van der Waals surface area contributed by atoms with Crippen LogP contribution in [0.2, 0.25) is 0 Å². The molecule has 0 amide bonds. The Balaban J connectivity index is 2.06. The monoisotopic (exact) mass is 350 g/mol. The SMILES string of the molecule is CCCCCCCCOC(=O)[C@@H](O)CCC(=O)OCc1ccccc1. The third kappa shape index (κ3) is 10.6. The second-order valence-electron chi connectivity index (χ2n) is 6.14. The highest BCUT2D eigenvalue weighted by molar-refractivity contribution is 5.76. The van der Waals surface area contributed by atoms with Gasteiger partial charge in [0.05, 0.1) is 6.61 Å². The molecule has 5 heteroatoms. The number of unbranched alkanes of at least 4 members (excludes halogenated alkanes) is 5. The van der Waals surface area contributed by atoms with Gasteiger partial charge in [-0.05, 0) is 18.4 Å². The summed E-state index contributed by atoms with van der Waals surface area (Å²) >= 11 is 0. The molecule has 1 rings (SSSR count). The van der Waals surface area contributed by atoms with Crippen molar-refractivity contribution in [1.82, 2.24) is 0 Å². The average Bonchev–Trinajstić information content (AvgIpc) is 2.64. The zero-order chi connectivity index (χ0) is 18.3. The van der Waals surface area contributed by atoms with Crippen LogP contribution in [0.4, 0.5) is 0 Å². The van der Waals surface area contributed by atoms with Crippen LogP contribution in [-0.4, -0.2) is 29.8 Å². The number of hydrogen-bond donors (Lipinski definition) is 1. The van der Waals surface area contributed by atoms with Gasteiger partial charge in [-0.3, -0.25) is 4.79 Å². The predicted molar refractivity (Wildman–Crippen MR) is 95.8 cm³/mol. The molecule has 0 unspecified atom stereocenters. The largest absolute Gasteiger partial charge is 0.464 e. The van der Waals surface area contributed by atoms with E-state index in [2.05, 4.69) is 6.92 Å². The maximum Gasteiger partial charge on any atom is 0.334 e. The van der Waals surface area contributed by atoms with E-state index in [1.54, 1.807) is 0 Å². The van der Waals surface area contributed by atoms with Crippen LogP contribution in [0.15, 0.2) is 30.3 Å². The van der Waals surface area contributed by atoms with E-state index in [-0.39, 0.29) is 19.4 Å². The molecule has 0 aliphatic rings. The van der Waals surface area contributed by atoms with Crippen molar-refractivity contribution in [2.75, 3.05) is 6.61 Å². The molecule has 1 aromatic rings. The number of benzene rings is 1. The van der Waals surface area contributed by atoms with Gasteiger partial charge in [0.15, 0.2) is 6.10 Å². The molecule has 25 heavy (non-hydrogen) atoms. The lowest BCUT2D eigenvalue weighted by molar-refractivity contribution is -0.155. The summed E-state index contributed by atoms with van der Waals surface area (Å²) in [6.45, 7) is 2.68. The van der Waals surface area contributed by atoms with Crippen molar-refractivity contribution in [3.8, 4) is 0 Å². The molecular weight excluding hydrogens is 320 g/mol. The van der Waals surface area contributed by atoms with Gasteiger partial charge in [0.25, 0.3) is 0 Å². The molecule has 0 radical (unpaired) electrons. The van der Waals surface area contributed by atoms with Gasteiger partial charge in [-0.15, -0.1) is 0 Å². The maximum atomic E-state index is 11.6. The first-order valence-corrected chi connectivity index (χ1v) is 9.17. The van der Waals surface area contributed by atoms with Crippen LogP contribution >= 0.6 is 0 Å². The number of rotatable bonds is 13. The topological polar surface area (TPSA) is 72.8 Å². The Morgan fingerprint density at radius 2 is 1.68 bits per heavy atom. The van der Waals surface area contributed by atoms with Gasteiger partial charge in [-0.25, -0.2) is 4.79 Å². The second-order valence-corrected chi connectivity index (χ2v) is 6.14. The molecule has 0 aliphatic carbocycles. The normalized spacial score (nSPS) is 11.8. The van der Waals surface area contributed by atoms with Crippen molar-refractivity contribution in [3.05, 3.63) is 35.9 Å². The molecule has 0 aromatic heterocycles. The van der Waals surface area contributed by atoms with E-state index in [1.165, 1.54) is 19.3 Å². The number of aliphatic hydroxyl groups is 1. The van der Waals surface area contributed by atoms with Gasteiger partial charge in [0.1, 0.15) is 6.61 Å². The van der Waals surface area contributed by atoms with Crippen molar-refractivity contribution in [1.29, 1.82) is 0 Å². The van der Waals surface area contributed by atoms with Crippen molar-refractivity contribution >= 4 is 11.9 Å². The first-order chi connectivity index (χ1) is 12.1. The number of aliphatic hydroxyl groups excluding tert-OH is 1. The van der Waals surface area contributed by atoms with Gasteiger partial charge in [-0.2, -0.15) is 0 Å². The number of ether oxygens (including phenoxy) is 2. The molecule has 0 saturated heterocycles. The van der Waals surface area contributed by atoms with E-state index >= 15 is 0 Å². The standard InChI is InChI=1S/C20H30O5/c1-2-3-4-5-6-10-15-24-20(23)18(21)13-14-19(22)25-16-17-11-8-7-9-12-17/h7-9,11-12,18,21H,2-6,10,13-16H2,1H3/t18-/m0/s1. The van der Waals surface area contributed by atoms with Crippen LogP contribution < -0.4 is 0 Å². The number of esters is 2. The van der Waals surface area contributed by atoms with Crippen LogP contribution in [0.5, 0.6) is 0 Å². The van der Waals surface area contributed by atoms with Crippen LogP contribution in [-0.2, 0) is 25.7 Å². The quantitative estimate of drug-likeness (QED) is 0.433. The average molecular weight is 350 g/mol. The summed E-state index contributed by atoms with van der Waals surface area (Å²) in [4.78, 5) is 23.3. The molecule has 1 aromatic carbocycles. The predicted octanol–water partition coefficient (Wildman–Crippen LogP) is 3.77. The molecule has 1 N–H and O–H groups in total. The molecule has 0 heterocycles. The van der Waals surface area contributed by atoms with Crippen molar-refractivity contribution in [3.63, 3.8) is 0 Å². The Morgan fingerprint density at radius 3 is 2.40 bits per heavy atom. The minimum Gasteiger partial charge on any atom is -0.464 e. The molecule has 0 saturated carbocycles. The minimum atomic E-state index is -1.27. The van der Waals surface area contributed by atoms with Crippen LogP contribution in [0, 0.1) is 0 Å². The Bertz CT molecular complexity index is 486. The summed E-state index contributed by atoms with van der Waals surface area (Å²) in [6, 6.07) is 9.35. The second kappa shape index (κ2) is 13.4. The summed E-state index contributed by atoms with van der Waals surface area (Å²) < 4.78 is 10.1. The maximum absolute atomic E-state index is 11.6. The summed E-state index contributed by atoms with van der Waals surface area (Å²) in [5.41, 5.74) is 0.898. The fraction of sp³-hybridized carbons (Fsp3) is 0.600. The van der Waals surface area contributed by atoms with E-state index in [4.69, 9.17) is 9.47 Å². The van der Waals surface area contributed by atoms with Gasteiger partial charge in [-0.1, -0.05) is 69.4 Å². The zero-order valence-corrected chi connectivity index (χ0v) is 15.1. The highest BCUT2D eigenvalue weighted by atomic mass is 16.5. The van der Waals surface area contributed by atoms with E-state index < -0.39 is 18.0 Å². The Kier molecular flexibility index (Phi) is 11.4. The lowest BCUT2D eigenvalue weighted by Gasteiger charge is -2.10. The molecular formula is C20H30O5. The third-order valence-corrected chi connectivity index (χ3v) is 3.88. The molecule has 0 fully saturated rings. The number of hydrogen-bond acceptors (Lipinski definition) is 5. The van der Waals surface area contributed by atoms with Gasteiger partial charge in [0.2, 0.25) is 0 Å². The van der Waals surface area contributed by atoms with Crippen molar-refractivity contribution < 1.29 is 24.2 Å². The summed E-state index contributed by atoms with van der Waals surface area (Å²) in [6.07, 6.45) is 5.34. The highest BCUT2D eigenvalue weighted by Gasteiger charge is 2.18. The summed E-state index contributed by atoms with van der Waals surface area (Å²) in [5, 5.41) is 9.74. The summed E-state index contributed by atoms with van der Waals surface area (Å²) in [7, 11) is 0. The first kappa shape index (κ1) is 21.2. The third-order valence-electron chi connectivity index (χ3n) is 3.88. The zero-order valence-electron chi connectivity index (χ0n) is 15.1. The van der Waals surface area contributed by atoms with E-state index in [0.29, 0.717) is 6.61 Å². The molecule has 1 atom stereocenters. The molecule has 140 valence electrons. The molecule has 0 spiro atoms. The van der Waals surface area contributed by atoms with Gasteiger partial charge in [0, 0.05) is 6.42 Å². The van der Waals surface area contributed by atoms with Crippen LogP contribution in [0.25, 0.3) is 0 Å². The van der Waals surface area contributed by atoms with Crippen LogP contribution in [0.3, 0.4) is 0 Å². The van der Waals surface area contributed by atoms with Crippen molar-refractivity contribution in [2.45, 2.75) is 71.0 Å². The van der Waals surface area contributed by atoms with E-state index in [9.17, 15) is 14.7 Å². The first-order valence-electron chi connectivity index (χ1n) is 9.17. The van der Waals surface area contributed by atoms with Crippen molar-refractivity contribution in [2.24, 2.45) is 0 Å². The smallest absolute Gasteiger partial charge is 0.334 e. The lowest BCUT2D eigenvalue weighted by atomic mass is 10.1. The Morgan fingerprint density at radius 1 is 1.00 bits per heavy atom. The minimum absolute atomic E-state index is 0.0138. The fourth-order valence-corrected chi connectivity index (χ4v) is 2.33.